The van der Waals surface area contributed by atoms with E-state index in [4.69, 9.17) is 0 Å². The standard InChI is InChI=1S/C11H13N3/c1-2-8-4-10-7-13-14-11(10)5-9(8)6-12-3-1/h4-5,7,12H,1-3,6H2,(H,13,14). The third-order valence-electron chi connectivity index (χ3n) is 2.88. The molecule has 0 radical (unpaired) electrons. The van der Waals surface area contributed by atoms with Crippen LogP contribution in [0.3, 0.4) is 0 Å². The van der Waals surface area contributed by atoms with Gasteiger partial charge in [0.25, 0.3) is 0 Å². The molecular formula is C11H13N3. The Balaban J connectivity index is 2.19. The first-order chi connectivity index (χ1) is 6.93. The topological polar surface area (TPSA) is 40.7 Å². The fourth-order valence-electron chi connectivity index (χ4n) is 2.11. The monoisotopic (exact) mass is 187 g/mol. The maximum absolute atomic E-state index is 4.05. The Hall–Kier alpha value is -1.35. The molecule has 0 atom stereocenters. The minimum atomic E-state index is 0.990. The maximum Gasteiger partial charge on any atom is 0.0653 e. The van der Waals surface area contributed by atoms with Crippen molar-refractivity contribution >= 4 is 10.9 Å². The molecule has 1 aliphatic heterocycles. The maximum atomic E-state index is 4.05. The van der Waals surface area contributed by atoms with E-state index in [0.717, 1.165) is 18.6 Å². The van der Waals surface area contributed by atoms with Gasteiger partial charge >= 0.3 is 0 Å². The quantitative estimate of drug-likeness (QED) is 0.657. The van der Waals surface area contributed by atoms with Crippen molar-refractivity contribution in [2.75, 3.05) is 6.54 Å². The van der Waals surface area contributed by atoms with E-state index in [0.29, 0.717) is 0 Å². The second kappa shape index (κ2) is 3.10. The molecule has 1 aromatic carbocycles. The van der Waals surface area contributed by atoms with Crippen LogP contribution >= 0.6 is 0 Å². The van der Waals surface area contributed by atoms with Crippen LogP contribution in [0.1, 0.15) is 17.5 Å². The molecule has 3 rings (SSSR count). The van der Waals surface area contributed by atoms with Gasteiger partial charge in [0.2, 0.25) is 0 Å². The normalized spacial score (nSPS) is 16.6. The Labute approximate surface area is 82.5 Å². The van der Waals surface area contributed by atoms with E-state index < -0.39 is 0 Å². The Morgan fingerprint density at radius 3 is 3.21 bits per heavy atom. The van der Waals surface area contributed by atoms with Crippen molar-refractivity contribution in [1.29, 1.82) is 0 Å². The first-order valence-electron chi connectivity index (χ1n) is 5.09. The molecule has 0 spiro atoms. The molecule has 0 unspecified atom stereocenters. The lowest BCUT2D eigenvalue weighted by atomic mass is 10.0. The van der Waals surface area contributed by atoms with E-state index in [1.54, 1.807) is 0 Å². The minimum absolute atomic E-state index is 0.990. The summed E-state index contributed by atoms with van der Waals surface area (Å²) in [4.78, 5) is 0. The molecule has 1 aromatic heterocycles. The zero-order valence-electron chi connectivity index (χ0n) is 8.01. The number of benzene rings is 1. The molecule has 2 heterocycles. The largest absolute Gasteiger partial charge is 0.313 e. The fourth-order valence-corrected chi connectivity index (χ4v) is 2.11. The molecule has 0 saturated heterocycles. The van der Waals surface area contributed by atoms with Crippen molar-refractivity contribution in [3.05, 3.63) is 29.5 Å². The Morgan fingerprint density at radius 2 is 2.21 bits per heavy atom. The van der Waals surface area contributed by atoms with Crippen LogP contribution in [-0.2, 0) is 13.0 Å². The van der Waals surface area contributed by atoms with E-state index in [9.17, 15) is 0 Å². The highest BCUT2D eigenvalue weighted by molar-refractivity contribution is 5.79. The Morgan fingerprint density at radius 1 is 1.21 bits per heavy atom. The van der Waals surface area contributed by atoms with Gasteiger partial charge in [-0.2, -0.15) is 5.10 Å². The second-order valence-corrected chi connectivity index (χ2v) is 3.86. The molecule has 14 heavy (non-hydrogen) atoms. The number of nitrogens with zero attached hydrogens (tertiary/aromatic N) is 1. The van der Waals surface area contributed by atoms with Crippen LogP contribution in [0.25, 0.3) is 10.9 Å². The van der Waals surface area contributed by atoms with Gasteiger partial charge in [-0.1, -0.05) is 0 Å². The van der Waals surface area contributed by atoms with Gasteiger partial charge in [-0.05, 0) is 42.6 Å². The molecule has 0 saturated carbocycles. The number of hydrogen-bond donors (Lipinski definition) is 2. The highest BCUT2D eigenvalue weighted by Crippen LogP contribution is 2.20. The molecule has 0 fully saturated rings. The summed E-state index contributed by atoms with van der Waals surface area (Å²) in [7, 11) is 0. The minimum Gasteiger partial charge on any atom is -0.313 e. The van der Waals surface area contributed by atoms with Crippen molar-refractivity contribution in [3.8, 4) is 0 Å². The van der Waals surface area contributed by atoms with Crippen molar-refractivity contribution in [2.24, 2.45) is 0 Å². The van der Waals surface area contributed by atoms with Crippen molar-refractivity contribution in [2.45, 2.75) is 19.4 Å². The third kappa shape index (κ3) is 1.21. The van der Waals surface area contributed by atoms with Gasteiger partial charge in [0.05, 0.1) is 11.7 Å². The van der Waals surface area contributed by atoms with Gasteiger partial charge in [-0.15, -0.1) is 0 Å². The molecule has 0 aliphatic carbocycles. The van der Waals surface area contributed by atoms with Gasteiger partial charge in [0.1, 0.15) is 0 Å². The number of nitrogens with one attached hydrogen (secondary N) is 2. The number of aryl methyl sites for hydroxylation is 1. The number of hydrogen-bond acceptors (Lipinski definition) is 2. The number of H-pyrrole nitrogens is 1. The summed E-state index contributed by atoms with van der Waals surface area (Å²) in [6.07, 6.45) is 4.31. The van der Waals surface area contributed by atoms with Crippen molar-refractivity contribution in [1.82, 2.24) is 15.5 Å². The summed E-state index contributed by atoms with van der Waals surface area (Å²) in [6, 6.07) is 4.48. The first-order valence-corrected chi connectivity index (χ1v) is 5.09. The van der Waals surface area contributed by atoms with Crippen molar-refractivity contribution in [3.63, 3.8) is 0 Å². The van der Waals surface area contributed by atoms with Crippen LogP contribution in [-0.4, -0.2) is 16.7 Å². The number of aromatic nitrogens is 2. The summed E-state index contributed by atoms with van der Waals surface area (Å²) in [5, 5.41) is 11.7. The average Bonchev–Trinajstić information content (AvgIpc) is 2.51. The van der Waals surface area contributed by atoms with Crippen LogP contribution in [0.4, 0.5) is 0 Å². The predicted molar refractivity (Wildman–Crippen MR) is 56.1 cm³/mol. The van der Waals surface area contributed by atoms with E-state index in [2.05, 4.69) is 27.6 Å². The summed E-state index contributed by atoms with van der Waals surface area (Å²) >= 11 is 0. The molecular weight excluding hydrogens is 174 g/mol. The van der Waals surface area contributed by atoms with Gasteiger partial charge in [-0.3, -0.25) is 5.10 Å². The van der Waals surface area contributed by atoms with Gasteiger partial charge in [0, 0.05) is 11.9 Å². The lowest BCUT2D eigenvalue weighted by Gasteiger charge is -2.04. The molecule has 2 N–H and O–H groups in total. The molecule has 0 bridgehead atoms. The first kappa shape index (κ1) is 8.00. The molecule has 72 valence electrons. The fraction of sp³-hybridized carbons (Fsp3) is 0.364. The van der Waals surface area contributed by atoms with E-state index in [1.807, 2.05) is 6.20 Å². The summed E-state index contributed by atoms with van der Waals surface area (Å²) in [5.41, 5.74) is 4.04. The Bertz CT molecular complexity index is 419. The smallest absolute Gasteiger partial charge is 0.0653 e. The predicted octanol–water partition coefficient (Wildman–Crippen LogP) is 1.60. The van der Waals surface area contributed by atoms with Crippen LogP contribution in [0.2, 0.25) is 0 Å². The van der Waals surface area contributed by atoms with Crippen LogP contribution < -0.4 is 5.32 Å². The third-order valence-corrected chi connectivity index (χ3v) is 2.88. The van der Waals surface area contributed by atoms with E-state index in [-0.39, 0.29) is 0 Å². The zero-order valence-corrected chi connectivity index (χ0v) is 8.01. The van der Waals surface area contributed by atoms with Crippen LogP contribution in [0, 0.1) is 0 Å². The molecule has 1 aliphatic rings. The number of rotatable bonds is 0. The molecule has 3 heteroatoms. The number of fused-ring (bicyclic) bond motifs is 2. The summed E-state index contributed by atoms with van der Waals surface area (Å²) in [5.74, 6) is 0. The van der Waals surface area contributed by atoms with Crippen molar-refractivity contribution < 1.29 is 0 Å². The summed E-state index contributed by atoms with van der Waals surface area (Å²) in [6.45, 7) is 2.12. The average molecular weight is 187 g/mol. The highest BCUT2D eigenvalue weighted by Gasteiger charge is 2.08. The van der Waals surface area contributed by atoms with Crippen LogP contribution in [0.15, 0.2) is 18.3 Å². The molecule has 2 aromatic rings. The highest BCUT2D eigenvalue weighted by atomic mass is 15.1. The van der Waals surface area contributed by atoms with E-state index in [1.165, 1.54) is 29.4 Å². The molecule has 3 nitrogen and oxygen atoms in total. The van der Waals surface area contributed by atoms with Gasteiger partial charge in [0.15, 0.2) is 0 Å². The lowest BCUT2D eigenvalue weighted by molar-refractivity contribution is 0.681. The lowest BCUT2D eigenvalue weighted by Crippen LogP contribution is -2.11. The SMILES string of the molecule is c1n[nH]c2cc3c(cc12)CCCNC3. The van der Waals surface area contributed by atoms with Gasteiger partial charge < -0.3 is 5.32 Å². The molecule has 0 amide bonds. The van der Waals surface area contributed by atoms with Crippen LogP contribution in [0.5, 0.6) is 0 Å². The zero-order chi connectivity index (χ0) is 9.38. The van der Waals surface area contributed by atoms with Gasteiger partial charge in [-0.25, -0.2) is 0 Å². The second-order valence-electron chi connectivity index (χ2n) is 3.86. The number of aromatic amines is 1. The Kier molecular flexibility index (Phi) is 1.77. The van der Waals surface area contributed by atoms with E-state index >= 15 is 0 Å². The summed E-state index contributed by atoms with van der Waals surface area (Å²) < 4.78 is 0.